The van der Waals surface area contributed by atoms with Crippen LogP contribution in [0.5, 0.6) is 0 Å². The van der Waals surface area contributed by atoms with Crippen molar-refractivity contribution in [3.63, 3.8) is 0 Å². The van der Waals surface area contributed by atoms with Crippen molar-refractivity contribution in [3.8, 4) is 22.4 Å². The van der Waals surface area contributed by atoms with Crippen molar-refractivity contribution in [3.05, 3.63) is 72.4 Å². The first-order chi connectivity index (χ1) is 26.3. The van der Waals surface area contributed by atoms with Crippen LogP contribution in [0.15, 0.2) is 60.8 Å². The number of amides is 4. The number of hydrogen-bond acceptors (Lipinski definition) is 8. The minimum atomic E-state index is -0.653. The van der Waals surface area contributed by atoms with E-state index in [1.54, 1.807) is 0 Å². The standard InChI is InChI=1S/C38H44N8O6.C2H6/c1-4-28(45-38(50)52-3)36(48)46-17-7-8-32(46)35-43-29-15-14-26(20-30(29)44-35)24-10-11-25-19-27(13-12-23(25)18-24)31-21-40-33(42-31)9-5-6-16-39-34(47)22-41-37(49)51-2;1-2/h10-15,18-21,28,32H,4-9,16-17,22H2,1-3H3,(H,39,47)(H,40,42)(H,41,49)(H,43,44)(H,45,50);1-2H3. The number of alkyl carbamates (subject to hydrolysis) is 2. The summed E-state index contributed by atoms with van der Waals surface area (Å²) in [5.41, 5.74) is 5.85. The van der Waals surface area contributed by atoms with Crippen LogP contribution in [0.1, 0.15) is 70.6 Å². The van der Waals surface area contributed by atoms with Gasteiger partial charge in [-0.2, -0.15) is 0 Å². The van der Waals surface area contributed by atoms with Gasteiger partial charge in [0.05, 0.1) is 49.7 Å². The summed E-state index contributed by atoms with van der Waals surface area (Å²) in [7, 11) is 2.54. The molecule has 0 aliphatic carbocycles. The molecule has 14 heteroatoms. The molecule has 0 radical (unpaired) electrons. The molecule has 3 aromatic carbocycles. The van der Waals surface area contributed by atoms with Crippen LogP contribution in [0, 0.1) is 0 Å². The minimum absolute atomic E-state index is 0.116. The maximum Gasteiger partial charge on any atom is 0.407 e. The number of hydrogen-bond donors (Lipinski definition) is 5. The Morgan fingerprint density at radius 1 is 0.889 bits per heavy atom. The average molecular weight is 739 g/mol. The number of fused-ring (bicyclic) bond motifs is 2. The average Bonchev–Trinajstić information content (AvgIpc) is 3.99. The molecule has 5 aromatic rings. The zero-order valence-electron chi connectivity index (χ0n) is 31.6. The van der Waals surface area contributed by atoms with E-state index < -0.39 is 18.2 Å². The number of imidazole rings is 2. The molecule has 4 amide bonds. The third-order valence-electron chi connectivity index (χ3n) is 9.39. The summed E-state index contributed by atoms with van der Waals surface area (Å²) in [6.45, 7) is 6.87. The van der Waals surface area contributed by atoms with Crippen molar-refractivity contribution >= 4 is 45.8 Å². The molecule has 1 fully saturated rings. The summed E-state index contributed by atoms with van der Waals surface area (Å²) in [5, 5.41) is 10.0. The zero-order chi connectivity index (χ0) is 38.6. The molecule has 0 spiro atoms. The molecule has 54 heavy (non-hydrogen) atoms. The Kier molecular flexibility index (Phi) is 13.6. The van der Waals surface area contributed by atoms with E-state index in [0.29, 0.717) is 19.5 Å². The number of likely N-dealkylation sites (tertiary alicyclic amines) is 1. The number of methoxy groups -OCH3 is 2. The third kappa shape index (κ3) is 9.54. The Labute approximate surface area is 314 Å². The molecular weight excluding hydrogens is 688 g/mol. The van der Waals surface area contributed by atoms with Crippen molar-refractivity contribution in [2.75, 3.05) is 33.9 Å². The van der Waals surface area contributed by atoms with E-state index in [4.69, 9.17) is 9.72 Å². The maximum absolute atomic E-state index is 13.4. The van der Waals surface area contributed by atoms with Crippen LogP contribution >= 0.6 is 0 Å². The maximum atomic E-state index is 13.4. The number of aromatic amines is 2. The highest BCUT2D eigenvalue weighted by molar-refractivity contribution is 5.92. The van der Waals surface area contributed by atoms with E-state index >= 15 is 0 Å². The molecule has 6 rings (SSSR count). The van der Waals surface area contributed by atoms with Crippen molar-refractivity contribution in [2.45, 2.75) is 71.4 Å². The Balaban J connectivity index is 0.00000276. The summed E-state index contributed by atoms with van der Waals surface area (Å²) in [4.78, 5) is 66.2. The molecule has 14 nitrogen and oxygen atoms in total. The number of aryl methyl sites for hydroxylation is 1. The smallest absolute Gasteiger partial charge is 0.407 e. The van der Waals surface area contributed by atoms with Gasteiger partial charge in [0.2, 0.25) is 11.8 Å². The number of nitrogens with zero attached hydrogens (tertiary/aromatic N) is 3. The number of nitrogens with one attached hydrogen (secondary N) is 5. The van der Waals surface area contributed by atoms with Gasteiger partial charge in [0, 0.05) is 25.1 Å². The first kappa shape index (κ1) is 39.3. The summed E-state index contributed by atoms with van der Waals surface area (Å²) >= 11 is 0. The lowest BCUT2D eigenvalue weighted by atomic mass is 9.99. The van der Waals surface area contributed by atoms with E-state index in [-0.39, 0.29) is 24.4 Å². The second kappa shape index (κ2) is 18.7. The first-order valence-electron chi connectivity index (χ1n) is 18.6. The topological polar surface area (TPSA) is 183 Å². The van der Waals surface area contributed by atoms with E-state index in [9.17, 15) is 19.2 Å². The van der Waals surface area contributed by atoms with Crippen LogP contribution in [0.4, 0.5) is 9.59 Å². The van der Waals surface area contributed by atoms with Gasteiger partial charge in [-0.15, -0.1) is 0 Å². The lowest BCUT2D eigenvalue weighted by Crippen LogP contribution is -2.48. The van der Waals surface area contributed by atoms with Crippen molar-refractivity contribution in [1.82, 2.24) is 40.8 Å². The van der Waals surface area contributed by atoms with Crippen molar-refractivity contribution in [2.24, 2.45) is 0 Å². The number of H-pyrrole nitrogens is 2. The molecule has 5 N–H and O–H groups in total. The van der Waals surface area contributed by atoms with E-state index in [0.717, 1.165) is 87.9 Å². The Hall–Kier alpha value is -5.92. The van der Waals surface area contributed by atoms with Gasteiger partial charge in [-0.1, -0.05) is 51.1 Å². The first-order valence-corrected chi connectivity index (χ1v) is 18.6. The molecule has 0 saturated carbocycles. The van der Waals surface area contributed by atoms with Gasteiger partial charge < -0.3 is 40.3 Å². The van der Waals surface area contributed by atoms with Crippen LogP contribution in [0.2, 0.25) is 0 Å². The highest BCUT2D eigenvalue weighted by Gasteiger charge is 2.35. The monoisotopic (exact) mass is 738 g/mol. The normalized spacial score (nSPS) is 14.2. The predicted octanol–water partition coefficient (Wildman–Crippen LogP) is 6.39. The lowest BCUT2D eigenvalue weighted by Gasteiger charge is -2.27. The molecule has 2 atom stereocenters. The zero-order valence-corrected chi connectivity index (χ0v) is 31.6. The van der Waals surface area contributed by atoms with Crippen LogP contribution in [-0.4, -0.2) is 88.7 Å². The summed E-state index contributed by atoms with van der Waals surface area (Å²) in [6.07, 6.45) is 5.08. The number of aromatic nitrogens is 4. The second-order valence-electron chi connectivity index (χ2n) is 12.8. The molecule has 2 aromatic heterocycles. The fraction of sp³-hybridized carbons (Fsp3) is 0.400. The van der Waals surface area contributed by atoms with Gasteiger partial charge >= 0.3 is 12.2 Å². The summed E-state index contributed by atoms with van der Waals surface area (Å²) in [5.74, 6) is 1.24. The molecule has 1 saturated heterocycles. The molecule has 1 aliphatic rings. The molecule has 1 aliphatic heterocycles. The van der Waals surface area contributed by atoms with E-state index in [1.807, 2.05) is 37.9 Å². The molecule has 2 unspecified atom stereocenters. The summed E-state index contributed by atoms with van der Waals surface area (Å²) in [6, 6.07) is 18.1. The number of ether oxygens (including phenoxy) is 2. The predicted molar refractivity (Wildman–Crippen MR) is 208 cm³/mol. The largest absolute Gasteiger partial charge is 0.453 e. The lowest BCUT2D eigenvalue weighted by molar-refractivity contribution is -0.134. The fourth-order valence-corrected chi connectivity index (χ4v) is 6.58. The number of carbonyl (C=O) groups excluding carboxylic acids is 4. The number of benzene rings is 3. The molecule has 286 valence electrons. The molecule has 0 bridgehead atoms. The van der Waals surface area contributed by atoms with E-state index in [2.05, 4.69) is 84.2 Å². The van der Waals surface area contributed by atoms with Crippen LogP contribution < -0.4 is 16.0 Å². The molecular formula is C40H50N8O6. The van der Waals surface area contributed by atoms with Gasteiger partial charge in [0.15, 0.2) is 0 Å². The summed E-state index contributed by atoms with van der Waals surface area (Å²) < 4.78 is 9.17. The SMILES string of the molecule is CC.CCC(NC(=O)OC)C(=O)N1CCCC1c1nc2ccc(-c3ccc4cc(-c5cnc(CCCCNC(=O)CNC(=O)OC)[nH]5)ccc4c3)cc2[nH]1. The highest BCUT2D eigenvalue weighted by Crippen LogP contribution is 2.34. The number of rotatable bonds is 13. The Morgan fingerprint density at radius 3 is 2.33 bits per heavy atom. The molecule has 3 heterocycles. The second-order valence-corrected chi connectivity index (χ2v) is 12.8. The Bertz CT molecular complexity index is 2070. The number of unbranched alkanes of at least 4 members (excludes halogenated alkanes) is 1. The third-order valence-corrected chi connectivity index (χ3v) is 9.39. The quantitative estimate of drug-likeness (QED) is 0.0861. The van der Waals surface area contributed by atoms with Gasteiger partial charge in [-0.05, 0) is 78.3 Å². The van der Waals surface area contributed by atoms with Crippen molar-refractivity contribution in [1.29, 1.82) is 0 Å². The van der Waals surface area contributed by atoms with Crippen LogP contribution in [0.25, 0.3) is 44.2 Å². The van der Waals surface area contributed by atoms with Gasteiger partial charge in [-0.25, -0.2) is 19.6 Å². The van der Waals surface area contributed by atoms with Gasteiger partial charge in [-0.3, -0.25) is 9.59 Å². The van der Waals surface area contributed by atoms with E-state index in [1.165, 1.54) is 14.2 Å². The minimum Gasteiger partial charge on any atom is -0.453 e. The van der Waals surface area contributed by atoms with Crippen LogP contribution in [-0.2, 0) is 25.5 Å². The Morgan fingerprint density at radius 2 is 1.59 bits per heavy atom. The fourth-order valence-electron chi connectivity index (χ4n) is 6.58. The van der Waals surface area contributed by atoms with Crippen molar-refractivity contribution < 1.29 is 28.7 Å². The van der Waals surface area contributed by atoms with Crippen LogP contribution in [0.3, 0.4) is 0 Å². The highest BCUT2D eigenvalue weighted by atomic mass is 16.5. The van der Waals surface area contributed by atoms with Gasteiger partial charge in [0.25, 0.3) is 0 Å². The number of carbonyl (C=O) groups is 4. The van der Waals surface area contributed by atoms with Gasteiger partial charge in [0.1, 0.15) is 17.7 Å².